The van der Waals surface area contributed by atoms with E-state index in [0.717, 1.165) is 15.9 Å². The molecule has 192 valence electrons. The van der Waals surface area contributed by atoms with Crippen LogP contribution in [0.5, 0.6) is 11.5 Å². The van der Waals surface area contributed by atoms with Crippen LogP contribution >= 0.6 is 0 Å². The van der Waals surface area contributed by atoms with Crippen molar-refractivity contribution >= 4 is 22.7 Å². The standard InChI is InChI=1S/C27H28N4O6/c1-5-36-27(33)23-24(28-14-19-11-12-20(34-3)13-21(19)35-4)22-17(2)29-16-30-25(22)31(26(23)32)37-15-18-9-7-6-8-10-18/h6-13,16,28H,5,14-15H2,1-4H3. The average Bonchev–Trinajstić information content (AvgIpc) is 2.91. The first-order chi connectivity index (χ1) is 18.0. The minimum atomic E-state index is -0.779. The fraction of sp³-hybridized carbons (Fsp3) is 0.259. The summed E-state index contributed by atoms with van der Waals surface area (Å²) in [6.07, 6.45) is 1.35. The molecule has 0 saturated carbocycles. The molecule has 10 nitrogen and oxygen atoms in total. The summed E-state index contributed by atoms with van der Waals surface area (Å²) in [6, 6.07) is 14.8. The molecule has 4 aromatic rings. The first kappa shape index (κ1) is 25.5. The summed E-state index contributed by atoms with van der Waals surface area (Å²) < 4.78 is 17.1. The summed E-state index contributed by atoms with van der Waals surface area (Å²) in [6.45, 7) is 3.86. The van der Waals surface area contributed by atoms with Crippen molar-refractivity contribution in [3.8, 4) is 11.5 Å². The molecule has 2 aromatic carbocycles. The predicted octanol–water partition coefficient (Wildman–Crippen LogP) is 3.53. The van der Waals surface area contributed by atoms with Crippen LogP contribution in [0.15, 0.2) is 59.7 Å². The van der Waals surface area contributed by atoms with Crippen LogP contribution in [-0.2, 0) is 17.9 Å². The lowest BCUT2D eigenvalue weighted by molar-refractivity contribution is 0.0513. The van der Waals surface area contributed by atoms with Gasteiger partial charge in [-0.05, 0) is 31.5 Å². The summed E-state index contributed by atoms with van der Waals surface area (Å²) >= 11 is 0. The molecule has 2 heterocycles. The van der Waals surface area contributed by atoms with E-state index in [2.05, 4.69) is 15.3 Å². The fourth-order valence-electron chi connectivity index (χ4n) is 3.92. The van der Waals surface area contributed by atoms with Crippen molar-refractivity contribution < 1.29 is 23.8 Å². The van der Waals surface area contributed by atoms with Crippen LogP contribution in [0.3, 0.4) is 0 Å². The van der Waals surface area contributed by atoms with Gasteiger partial charge in [0.15, 0.2) is 11.2 Å². The second-order valence-electron chi connectivity index (χ2n) is 8.02. The van der Waals surface area contributed by atoms with Crippen molar-refractivity contribution in [1.29, 1.82) is 0 Å². The second-order valence-corrected chi connectivity index (χ2v) is 8.02. The third kappa shape index (κ3) is 5.32. The Bertz CT molecular complexity index is 1470. The molecule has 0 unspecified atom stereocenters. The fourth-order valence-corrected chi connectivity index (χ4v) is 3.92. The number of benzene rings is 2. The monoisotopic (exact) mass is 504 g/mol. The zero-order chi connectivity index (χ0) is 26.4. The third-order valence-electron chi connectivity index (χ3n) is 5.74. The molecular formula is C27H28N4O6. The number of aryl methyl sites for hydroxylation is 1. The van der Waals surface area contributed by atoms with Crippen LogP contribution in [0.2, 0.25) is 0 Å². The quantitative estimate of drug-likeness (QED) is 0.324. The minimum Gasteiger partial charge on any atom is -0.497 e. The van der Waals surface area contributed by atoms with E-state index in [1.807, 2.05) is 36.4 Å². The largest absolute Gasteiger partial charge is 0.497 e. The average molecular weight is 505 g/mol. The lowest BCUT2D eigenvalue weighted by Crippen LogP contribution is -2.34. The smallest absolute Gasteiger partial charge is 0.346 e. The molecule has 1 N–H and O–H groups in total. The highest BCUT2D eigenvalue weighted by Crippen LogP contribution is 2.30. The van der Waals surface area contributed by atoms with Gasteiger partial charge in [-0.15, -0.1) is 4.73 Å². The normalized spacial score (nSPS) is 10.7. The number of carbonyl (C=O) groups is 1. The van der Waals surface area contributed by atoms with Crippen molar-refractivity contribution in [2.75, 3.05) is 26.1 Å². The number of esters is 1. The molecule has 4 rings (SSSR count). The molecule has 0 aliphatic heterocycles. The number of aromatic nitrogens is 3. The van der Waals surface area contributed by atoms with E-state index in [1.54, 1.807) is 40.2 Å². The van der Waals surface area contributed by atoms with Gasteiger partial charge in [0.1, 0.15) is 24.4 Å². The van der Waals surface area contributed by atoms with Crippen molar-refractivity contribution in [1.82, 2.24) is 14.7 Å². The second kappa shape index (κ2) is 11.4. The number of hydrogen-bond donors (Lipinski definition) is 1. The molecule has 0 fully saturated rings. The van der Waals surface area contributed by atoms with Gasteiger partial charge in [-0.1, -0.05) is 30.3 Å². The Balaban J connectivity index is 1.84. The van der Waals surface area contributed by atoms with Gasteiger partial charge >= 0.3 is 11.5 Å². The predicted molar refractivity (Wildman–Crippen MR) is 138 cm³/mol. The lowest BCUT2D eigenvalue weighted by atomic mass is 10.1. The molecule has 0 bridgehead atoms. The summed E-state index contributed by atoms with van der Waals surface area (Å²) in [5.74, 6) is 0.445. The first-order valence-corrected chi connectivity index (χ1v) is 11.7. The molecule has 0 radical (unpaired) electrons. The number of nitrogens with one attached hydrogen (secondary N) is 1. The molecule has 2 aromatic heterocycles. The SMILES string of the molecule is CCOC(=O)c1c(NCc2ccc(OC)cc2OC)c2c(C)ncnc2n(OCc2ccccc2)c1=O. The van der Waals surface area contributed by atoms with Gasteiger partial charge in [-0.25, -0.2) is 14.8 Å². The van der Waals surface area contributed by atoms with E-state index in [0.29, 0.717) is 22.6 Å². The highest BCUT2D eigenvalue weighted by molar-refractivity contribution is 6.04. The number of pyridine rings is 1. The number of hydrogen-bond acceptors (Lipinski definition) is 9. The molecule has 37 heavy (non-hydrogen) atoms. The van der Waals surface area contributed by atoms with E-state index in [4.69, 9.17) is 19.0 Å². The number of anilines is 1. The first-order valence-electron chi connectivity index (χ1n) is 11.7. The van der Waals surface area contributed by atoms with Crippen LogP contribution in [0, 0.1) is 6.92 Å². The van der Waals surface area contributed by atoms with E-state index in [9.17, 15) is 9.59 Å². The van der Waals surface area contributed by atoms with Gasteiger partial charge < -0.3 is 24.4 Å². The maximum absolute atomic E-state index is 13.7. The molecule has 0 aliphatic carbocycles. The molecule has 0 aliphatic rings. The molecular weight excluding hydrogens is 476 g/mol. The highest BCUT2D eigenvalue weighted by atomic mass is 16.7. The summed E-state index contributed by atoms with van der Waals surface area (Å²) in [4.78, 5) is 41.2. The van der Waals surface area contributed by atoms with Gasteiger partial charge in [0.2, 0.25) is 0 Å². The Hall–Kier alpha value is -4.60. The molecule has 0 amide bonds. The molecule has 0 atom stereocenters. The molecule has 10 heteroatoms. The molecule has 0 saturated heterocycles. The Morgan fingerprint density at radius 3 is 2.54 bits per heavy atom. The van der Waals surface area contributed by atoms with Crippen molar-refractivity contribution in [2.45, 2.75) is 27.0 Å². The van der Waals surface area contributed by atoms with E-state index in [1.165, 1.54) is 6.33 Å². The van der Waals surface area contributed by atoms with Crippen molar-refractivity contribution in [2.24, 2.45) is 0 Å². The highest BCUT2D eigenvalue weighted by Gasteiger charge is 2.26. The Labute approximate surface area is 213 Å². The zero-order valence-corrected chi connectivity index (χ0v) is 21.1. The Morgan fingerprint density at radius 1 is 1.05 bits per heavy atom. The van der Waals surface area contributed by atoms with Crippen LogP contribution in [0.25, 0.3) is 11.0 Å². The summed E-state index contributed by atoms with van der Waals surface area (Å²) in [7, 11) is 3.13. The van der Waals surface area contributed by atoms with Gasteiger partial charge in [0.05, 0.1) is 37.6 Å². The van der Waals surface area contributed by atoms with Crippen molar-refractivity contribution in [3.63, 3.8) is 0 Å². The van der Waals surface area contributed by atoms with E-state index in [-0.39, 0.29) is 36.7 Å². The number of carbonyl (C=O) groups excluding carboxylic acids is 1. The minimum absolute atomic E-state index is 0.0942. The number of rotatable bonds is 10. The zero-order valence-electron chi connectivity index (χ0n) is 21.1. The van der Waals surface area contributed by atoms with E-state index >= 15 is 0 Å². The van der Waals surface area contributed by atoms with Crippen LogP contribution in [0.4, 0.5) is 5.69 Å². The van der Waals surface area contributed by atoms with Crippen molar-refractivity contribution in [3.05, 3.63) is 87.6 Å². The lowest BCUT2D eigenvalue weighted by Gasteiger charge is -2.19. The van der Waals surface area contributed by atoms with Gasteiger partial charge in [0, 0.05) is 18.2 Å². The van der Waals surface area contributed by atoms with Gasteiger partial charge in [-0.3, -0.25) is 4.79 Å². The Morgan fingerprint density at radius 2 is 1.84 bits per heavy atom. The summed E-state index contributed by atoms with van der Waals surface area (Å²) in [5, 5.41) is 3.70. The maximum Gasteiger partial charge on any atom is 0.346 e. The number of nitrogens with zero attached hydrogens (tertiary/aromatic N) is 3. The van der Waals surface area contributed by atoms with E-state index < -0.39 is 11.5 Å². The molecule has 0 spiro atoms. The maximum atomic E-state index is 13.7. The third-order valence-corrected chi connectivity index (χ3v) is 5.74. The van der Waals surface area contributed by atoms with Crippen LogP contribution in [0.1, 0.15) is 34.1 Å². The number of fused-ring (bicyclic) bond motifs is 1. The number of ether oxygens (including phenoxy) is 3. The van der Waals surface area contributed by atoms with Gasteiger partial charge in [-0.2, -0.15) is 0 Å². The number of methoxy groups -OCH3 is 2. The van der Waals surface area contributed by atoms with Gasteiger partial charge in [0.25, 0.3) is 0 Å². The van der Waals surface area contributed by atoms with Crippen LogP contribution in [-0.4, -0.2) is 41.5 Å². The van der Waals surface area contributed by atoms with Crippen LogP contribution < -0.4 is 25.2 Å². The Kier molecular flexibility index (Phi) is 7.87. The summed E-state index contributed by atoms with van der Waals surface area (Å²) in [5.41, 5.74) is 1.78. The topological polar surface area (TPSA) is 114 Å².